The maximum absolute atomic E-state index is 11.3. The average Bonchev–Trinajstić information content (AvgIpc) is 2.93. The molecular weight excluding hydrogens is 274 g/mol. The molecular formula is C14H23N3O2S. The lowest BCUT2D eigenvalue weighted by molar-refractivity contribution is -0.139. The van der Waals surface area contributed by atoms with Crippen molar-refractivity contribution in [3.05, 3.63) is 16.1 Å². The predicted molar refractivity (Wildman–Crippen MR) is 79.9 cm³/mol. The lowest BCUT2D eigenvalue weighted by Gasteiger charge is -2.33. The van der Waals surface area contributed by atoms with E-state index >= 15 is 0 Å². The molecule has 1 aromatic heterocycles. The quantitative estimate of drug-likeness (QED) is 0.808. The summed E-state index contributed by atoms with van der Waals surface area (Å²) in [5.74, 6) is -0.226. The molecule has 1 unspecified atom stereocenters. The minimum absolute atomic E-state index is 0.226. The highest BCUT2D eigenvalue weighted by molar-refractivity contribution is 7.09. The molecule has 1 atom stereocenters. The van der Waals surface area contributed by atoms with Crippen molar-refractivity contribution < 1.29 is 9.53 Å². The topological polar surface area (TPSA) is 54.5 Å². The van der Waals surface area contributed by atoms with Crippen molar-refractivity contribution in [2.24, 2.45) is 0 Å². The van der Waals surface area contributed by atoms with Gasteiger partial charge in [0.2, 0.25) is 0 Å². The molecule has 1 aliphatic rings. The van der Waals surface area contributed by atoms with Crippen molar-refractivity contribution in [1.29, 1.82) is 0 Å². The van der Waals surface area contributed by atoms with Crippen molar-refractivity contribution in [2.45, 2.75) is 32.2 Å². The Kier molecular flexibility index (Phi) is 5.94. The number of hydrogen-bond acceptors (Lipinski definition) is 6. The van der Waals surface area contributed by atoms with Crippen LogP contribution in [0.5, 0.6) is 0 Å². The summed E-state index contributed by atoms with van der Waals surface area (Å²) in [5, 5.41) is 6.50. The number of thiazole rings is 1. The number of carbonyl (C=O) groups excluding carboxylic acids is 1. The van der Waals surface area contributed by atoms with Gasteiger partial charge in [-0.2, -0.15) is 0 Å². The number of methoxy groups -OCH3 is 1. The van der Waals surface area contributed by atoms with Crippen molar-refractivity contribution in [1.82, 2.24) is 15.2 Å². The van der Waals surface area contributed by atoms with Crippen LogP contribution in [0.25, 0.3) is 0 Å². The van der Waals surface area contributed by atoms with Crippen LogP contribution in [-0.2, 0) is 16.0 Å². The van der Waals surface area contributed by atoms with E-state index in [4.69, 9.17) is 4.74 Å². The van der Waals surface area contributed by atoms with Crippen LogP contribution in [0.3, 0.4) is 0 Å². The molecule has 6 heteroatoms. The molecule has 2 heterocycles. The first-order valence-electron chi connectivity index (χ1n) is 7.20. The van der Waals surface area contributed by atoms with E-state index in [2.05, 4.69) is 22.1 Å². The van der Waals surface area contributed by atoms with Crippen LogP contribution in [0, 0.1) is 0 Å². The van der Waals surface area contributed by atoms with Crippen molar-refractivity contribution >= 4 is 17.3 Å². The molecule has 1 N–H and O–H groups in total. The lowest BCUT2D eigenvalue weighted by Crippen LogP contribution is -2.45. The summed E-state index contributed by atoms with van der Waals surface area (Å²) in [6.07, 6.45) is 2.53. The third-order valence-electron chi connectivity index (χ3n) is 3.56. The smallest absolute Gasteiger partial charge is 0.311 e. The highest BCUT2D eigenvalue weighted by atomic mass is 32.1. The van der Waals surface area contributed by atoms with E-state index in [1.54, 1.807) is 11.3 Å². The Balaban J connectivity index is 2.06. The number of hydrogen-bond donors (Lipinski definition) is 1. The summed E-state index contributed by atoms with van der Waals surface area (Å²) >= 11 is 1.66. The van der Waals surface area contributed by atoms with Crippen LogP contribution in [0.4, 0.5) is 0 Å². The Bertz CT molecular complexity index is 430. The molecule has 0 amide bonds. The van der Waals surface area contributed by atoms with Crippen molar-refractivity contribution in [3.63, 3.8) is 0 Å². The highest BCUT2D eigenvalue weighted by Crippen LogP contribution is 2.28. The summed E-state index contributed by atoms with van der Waals surface area (Å²) in [5.41, 5.74) is 0.827. The zero-order valence-electron chi connectivity index (χ0n) is 12.2. The minimum atomic E-state index is -0.226. The molecule has 0 radical (unpaired) electrons. The predicted octanol–water partition coefficient (Wildman–Crippen LogP) is 1.60. The zero-order valence-corrected chi connectivity index (χ0v) is 13.0. The molecule has 0 aromatic carbocycles. The second-order valence-electron chi connectivity index (χ2n) is 5.02. The monoisotopic (exact) mass is 297 g/mol. The van der Waals surface area contributed by atoms with Crippen LogP contribution in [0.2, 0.25) is 0 Å². The molecule has 1 aliphatic heterocycles. The third-order valence-corrected chi connectivity index (χ3v) is 4.56. The summed E-state index contributed by atoms with van der Waals surface area (Å²) in [6.45, 7) is 6.42. The number of aromatic nitrogens is 1. The highest BCUT2D eigenvalue weighted by Gasteiger charge is 2.24. The fourth-order valence-electron chi connectivity index (χ4n) is 2.51. The van der Waals surface area contributed by atoms with Gasteiger partial charge < -0.3 is 10.1 Å². The molecule has 1 aromatic rings. The minimum Gasteiger partial charge on any atom is -0.469 e. The fraction of sp³-hybridized carbons (Fsp3) is 0.714. The number of ether oxygens (including phenoxy) is 1. The number of esters is 1. The fourth-order valence-corrected chi connectivity index (χ4v) is 3.49. The van der Waals surface area contributed by atoms with Gasteiger partial charge in [-0.15, -0.1) is 11.3 Å². The van der Waals surface area contributed by atoms with Gasteiger partial charge >= 0.3 is 5.97 Å². The number of piperazine rings is 1. The van der Waals surface area contributed by atoms with Crippen LogP contribution >= 0.6 is 11.3 Å². The van der Waals surface area contributed by atoms with Crippen LogP contribution < -0.4 is 5.32 Å². The van der Waals surface area contributed by atoms with Crippen LogP contribution in [0.1, 0.15) is 36.5 Å². The normalized spacial score (nSPS) is 17.9. The van der Waals surface area contributed by atoms with E-state index in [0.717, 1.165) is 49.7 Å². The molecule has 20 heavy (non-hydrogen) atoms. The SMILES string of the molecule is CCCC(c1nc(CC(=O)OC)cs1)N1CCNCC1. The molecule has 1 saturated heterocycles. The van der Waals surface area contributed by atoms with Crippen LogP contribution in [-0.4, -0.2) is 49.1 Å². The summed E-state index contributed by atoms with van der Waals surface area (Å²) in [6, 6.07) is 0.387. The number of rotatable bonds is 6. The van der Waals surface area contributed by atoms with E-state index in [0.29, 0.717) is 6.04 Å². The van der Waals surface area contributed by atoms with Gasteiger partial charge in [-0.25, -0.2) is 4.98 Å². The van der Waals surface area contributed by atoms with E-state index < -0.39 is 0 Å². The molecule has 0 aliphatic carbocycles. The van der Waals surface area contributed by atoms with E-state index in [-0.39, 0.29) is 12.4 Å². The molecule has 5 nitrogen and oxygen atoms in total. The first-order valence-corrected chi connectivity index (χ1v) is 8.08. The Labute approximate surface area is 124 Å². The Morgan fingerprint density at radius 1 is 1.55 bits per heavy atom. The average molecular weight is 297 g/mol. The molecule has 1 fully saturated rings. The number of carbonyl (C=O) groups is 1. The van der Waals surface area contributed by atoms with Gasteiger partial charge in [0.25, 0.3) is 0 Å². The van der Waals surface area contributed by atoms with Gasteiger partial charge in [0.15, 0.2) is 0 Å². The van der Waals surface area contributed by atoms with E-state index in [9.17, 15) is 4.79 Å². The van der Waals surface area contributed by atoms with Gasteiger partial charge in [-0.3, -0.25) is 9.69 Å². The maximum Gasteiger partial charge on any atom is 0.311 e. The van der Waals surface area contributed by atoms with Crippen LogP contribution in [0.15, 0.2) is 5.38 Å². The summed E-state index contributed by atoms with van der Waals surface area (Å²) in [7, 11) is 1.41. The standard InChI is InChI=1S/C14H23N3O2S/c1-3-4-12(17-7-5-15-6-8-17)14-16-11(10-20-14)9-13(18)19-2/h10,12,15H,3-9H2,1-2H3. The first kappa shape index (κ1) is 15.4. The van der Waals surface area contributed by atoms with Gasteiger partial charge in [-0.1, -0.05) is 13.3 Å². The second-order valence-corrected chi connectivity index (χ2v) is 5.91. The van der Waals surface area contributed by atoms with Gasteiger partial charge in [0.1, 0.15) is 5.01 Å². The lowest BCUT2D eigenvalue weighted by atomic mass is 10.1. The number of nitrogens with one attached hydrogen (secondary N) is 1. The van der Waals surface area contributed by atoms with Crippen molar-refractivity contribution in [3.8, 4) is 0 Å². The van der Waals surface area contributed by atoms with Gasteiger partial charge in [0.05, 0.1) is 25.3 Å². The Morgan fingerprint density at radius 3 is 2.95 bits per heavy atom. The molecule has 112 valence electrons. The third kappa shape index (κ3) is 4.01. The maximum atomic E-state index is 11.3. The molecule has 2 rings (SSSR count). The molecule has 0 bridgehead atoms. The van der Waals surface area contributed by atoms with E-state index in [1.807, 2.05) is 5.38 Å². The zero-order chi connectivity index (χ0) is 14.4. The molecule has 0 saturated carbocycles. The summed E-state index contributed by atoms with van der Waals surface area (Å²) in [4.78, 5) is 18.5. The largest absolute Gasteiger partial charge is 0.469 e. The van der Waals surface area contributed by atoms with Crippen molar-refractivity contribution in [2.75, 3.05) is 33.3 Å². The first-order chi connectivity index (χ1) is 9.74. The second kappa shape index (κ2) is 7.71. The summed E-state index contributed by atoms with van der Waals surface area (Å²) < 4.78 is 4.69. The van der Waals surface area contributed by atoms with E-state index in [1.165, 1.54) is 7.11 Å². The van der Waals surface area contributed by atoms with Gasteiger partial charge in [-0.05, 0) is 6.42 Å². The van der Waals surface area contributed by atoms with Gasteiger partial charge in [0, 0.05) is 31.6 Å². The Morgan fingerprint density at radius 2 is 2.30 bits per heavy atom. The molecule has 0 spiro atoms. The Hall–Kier alpha value is -0.980. The number of nitrogens with zero attached hydrogens (tertiary/aromatic N) is 2.